The average molecular weight is 251 g/mol. The van der Waals surface area contributed by atoms with Gasteiger partial charge in [-0.15, -0.1) is 12.4 Å². The zero-order valence-corrected chi connectivity index (χ0v) is 11.3. The molecule has 4 nitrogen and oxygen atoms in total. The predicted molar refractivity (Wildman–Crippen MR) is 66.7 cm³/mol. The molecule has 1 fully saturated rings. The number of halogens is 1. The van der Waals surface area contributed by atoms with Crippen molar-refractivity contribution in [3.63, 3.8) is 0 Å². The molecule has 2 N–H and O–H groups in total. The standard InChI is InChI=1S/C11H22N2O2.ClH/c1-8(2)9-7-13(5-6-15-9)10(14)11(3,4)12;/h8-9H,5-7,12H2,1-4H3;1H. The molecule has 16 heavy (non-hydrogen) atoms. The molecule has 1 aliphatic rings. The van der Waals surface area contributed by atoms with E-state index in [0.717, 1.165) is 0 Å². The van der Waals surface area contributed by atoms with E-state index in [4.69, 9.17) is 10.5 Å². The van der Waals surface area contributed by atoms with Gasteiger partial charge in [0.2, 0.25) is 5.91 Å². The highest BCUT2D eigenvalue weighted by Gasteiger charge is 2.32. The summed E-state index contributed by atoms with van der Waals surface area (Å²) in [6, 6.07) is 0. The third-order valence-corrected chi connectivity index (χ3v) is 2.68. The quantitative estimate of drug-likeness (QED) is 0.797. The number of nitrogens with zero attached hydrogens (tertiary/aromatic N) is 1. The van der Waals surface area contributed by atoms with Gasteiger partial charge in [-0.05, 0) is 19.8 Å². The number of carbonyl (C=O) groups excluding carboxylic acids is 1. The van der Waals surface area contributed by atoms with Crippen molar-refractivity contribution >= 4 is 18.3 Å². The van der Waals surface area contributed by atoms with Crippen molar-refractivity contribution in [3.05, 3.63) is 0 Å². The molecule has 0 aromatic carbocycles. The van der Waals surface area contributed by atoms with E-state index in [2.05, 4.69) is 13.8 Å². The van der Waals surface area contributed by atoms with Crippen LogP contribution in [-0.2, 0) is 9.53 Å². The number of morpholine rings is 1. The summed E-state index contributed by atoms with van der Waals surface area (Å²) in [7, 11) is 0. The first-order chi connectivity index (χ1) is 6.82. The van der Waals surface area contributed by atoms with E-state index in [-0.39, 0.29) is 24.4 Å². The Hall–Kier alpha value is -0.320. The van der Waals surface area contributed by atoms with Gasteiger partial charge in [0.15, 0.2) is 0 Å². The molecule has 0 radical (unpaired) electrons. The summed E-state index contributed by atoms with van der Waals surface area (Å²) in [5, 5.41) is 0. The lowest BCUT2D eigenvalue weighted by atomic mass is 10.0. The molecule has 0 aliphatic carbocycles. The van der Waals surface area contributed by atoms with Crippen LogP contribution in [0.3, 0.4) is 0 Å². The second-order valence-corrected chi connectivity index (χ2v) is 5.13. The van der Waals surface area contributed by atoms with E-state index < -0.39 is 5.54 Å². The molecule has 0 spiro atoms. The van der Waals surface area contributed by atoms with Crippen molar-refractivity contribution in [2.24, 2.45) is 11.7 Å². The Bertz CT molecular complexity index is 239. The van der Waals surface area contributed by atoms with E-state index >= 15 is 0 Å². The van der Waals surface area contributed by atoms with Crippen LogP contribution in [0.5, 0.6) is 0 Å². The van der Waals surface area contributed by atoms with E-state index in [1.807, 2.05) is 4.90 Å². The van der Waals surface area contributed by atoms with Crippen LogP contribution >= 0.6 is 12.4 Å². The molecule has 1 aliphatic heterocycles. The lowest BCUT2D eigenvalue weighted by molar-refractivity contribution is -0.145. The van der Waals surface area contributed by atoms with Crippen molar-refractivity contribution in [2.45, 2.75) is 39.3 Å². The van der Waals surface area contributed by atoms with Crippen LogP contribution in [0, 0.1) is 5.92 Å². The molecule has 1 amide bonds. The molecule has 1 rings (SSSR count). The van der Waals surface area contributed by atoms with Gasteiger partial charge in [0.25, 0.3) is 0 Å². The van der Waals surface area contributed by atoms with Gasteiger partial charge in [0.05, 0.1) is 18.2 Å². The van der Waals surface area contributed by atoms with Gasteiger partial charge < -0.3 is 15.4 Å². The molecular weight excluding hydrogens is 228 g/mol. The zero-order valence-electron chi connectivity index (χ0n) is 10.5. The number of rotatable bonds is 2. The first-order valence-electron chi connectivity index (χ1n) is 5.52. The lowest BCUT2D eigenvalue weighted by Crippen LogP contribution is -2.56. The van der Waals surface area contributed by atoms with Gasteiger partial charge in [-0.1, -0.05) is 13.8 Å². The van der Waals surface area contributed by atoms with Crippen molar-refractivity contribution in [1.29, 1.82) is 0 Å². The highest BCUT2D eigenvalue weighted by atomic mass is 35.5. The molecule has 5 heteroatoms. The molecule has 0 aromatic rings. The number of hydrogen-bond donors (Lipinski definition) is 1. The van der Waals surface area contributed by atoms with Crippen molar-refractivity contribution in [2.75, 3.05) is 19.7 Å². The summed E-state index contributed by atoms with van der Waals surface area (Å²) in [6.45, 7) is 9.63. The Kier molecular flexibility index (Phi) is 5.73. The van der Waals surface area contributed by atoms with Gasteiger partial charge in [0, 0.05) is 13.1 Å². The Balaban J connectivity index is 0.00000225. The fourth-order valence-electron chi connectivity index (χ4n) is 1.67. The normalized spacial score (nSPS) is 21.9. The molecular formula is C11H23ClN2O2. The van der Waals surface area contributed by atoms with Gasteiger partial charge in [-0.25, -0.2) is 0 Å². The van der Waals surface area contributed by atoms with Crippen molar-refractivity contribution < 1.29 is 9.53 Å². The molecule has 0 aromatic heterocycles. The van der Waals surface area contributed by atoms with Crippen LogP contribution in [0.2, 0.25) is 0 Å². The van der Waals surface area contributed by atoms with E-state index in [0.29, 0.717) is 25.6 Å². The maximum atomic E-state index is 11.9. The molecule has 0 saturated carbocycles. The number of amides is 1. The molecule has 1 atom stereocenters. The minimum Gasteiger partial charge on any atom is -0.374 e. The van der Waals surface area contributed by atoms with Crippen molar-refractivity contribution in [3.8, 4) is 0 Å². The number of hydrogen-bond acceptors (Lipinski definition) is 3. The fourth-order valence-corrected chi connectivity index (χ4v) is 1.67. The highest BCUT2D eigenvalue weighted by Crippen LogP contribution is 2.15. The van der Waals surface area contributed by atoms with Crippen LogP contribution in [0.25, 0.3) is 0 Å². The number of ether oxygens (including phenoxy) is 1. The molecule has 0 bridgehead atoms. The van der Waals surface area contributed by atoms with E-state index in [9.17, 15) is 4.79 Å². The topological polar surface area (TPSA) is 55.6 Å². The molecule has 1 unspecified atom stereocenters. The van der Waals surface area contributed by atoms with Gasteiger partial charge in [0.1, 0.15) is 0 Å². The molecule has 1 saturated heterocycles. The Morgan fingerprint density at radius 1 is 1.50 bits per heavy atom. The maximum absolute atomic E-state index is 11.9. The molecule has 1 heterocycles. The summed E-state index contributed by atoms with van der Waals surface area (Å²) in [5.74, 6) is 0.443. The van der Waals surface area contributed by atoms with E-state index in [1.165, 1.54) is 0 Å². The van der Waals surface area contributed by atoms with Gasteiger partial charge in [-0.2, -0.15) is 0 Å². The first-order valence-corrected chi connectivity index (χ1v) is 5.52. The Labute approximate surface area is 104 Å². The largest absolute Gasteiger partial charge is 0.374 e. The van der Waals surface area contributed by atoms with Crippen LogP contribution in [0.4, 0.5) is 0 Å². The lowest BCUT2D eigenvalue weighted by Gasteiger charge is -2.37. The number of nitrogens with two attached hydrogens (primary N) is 1. The second-order valence-electron chi connectivity index (χ2n) is 5.13. The summed E-state index contributed by atoms with van der Waals surface area (Å²) in [4.78, 5) is 13.7. The summed E-state index contributed by atoms with van der Waals surface area (Å²) < 4.78 is 5.60. The van der Waals surface area contributed by atoms with Crippen LogP contribution in [-0.4, -0.2) is 42.1 Å². The number of carbonyl (C=O) groups is 1. The average Bonchev–Trinajstić information content (AvgIpc) is 2.15. The minimum absolute atomic E-state index is 0. The van der Waals surface area contributed by atoms with Gasteiger partial charge >= 0.3 is 0 Å². The highest BCUT2D eigenvalue weighted by molar-refractivity contribution is 5.85. The minimum atomic E-state index is -0.779. The Morgan fingerprint density at radius 2 is 2.06 bits per heavy atom. The fraction of sp³-hybridized carbons (Fsp3) is 0.909. The predicted octanol–water partition coefficient (Wildman–Crippen LogP) is 1.03. The zero-order chi connectivity index (χ0) is 11.6. The summed E-state index contributed by atoms with van der Waals surface area (Å²) in [6.07, 6.45) is 0.144. The van der Waals surface area contributed by atoms with Crippen LogP contribution < -0.4 is 5.73 Å². The summed E-state index contributed by atoms with van der Waals surface area (Å²) >= 11 is 0. The first kappa shape index (κ1) is 15.7. The van der Waals surface area contributed by atoms with Gasteiger partial charge in [-0.3, -0.25) is 4.79 Å². The SMILES string of the molecule is CC(C)C1CN(C(=O)C(C)(C)N)CCO1.Cl. The Morgan fingerprint density at radius 3 is 2.50 bits per heavy atom. The van der Waals surface area contributed by atoms with Crippen molar-refractivity contribution in [1.82, 2.24) is 4.90 Å². The smallest absolute Gasteiger partial charge is 0.242 e. The second kappa shape index (κ2) is 5.84. The van der Waals surface area contributed by atoms with Crippen LogP contribution in [0.1, 0.15) is 27.7 Å². The molecule has 96 valence electrons. The van der Waals surface area contributed by atoms with Crippen LogP contribution in [0.15, 0.2) is 0 Å². The third-order valence-electron chi connectivity index (χ3n) is 2.68. The monoisotopic (exact) mass is 250 g/mol. The third kappa shape index (κ3) is 3.92. The summed E-state index contributed by atoms with van der Waals surface area (Å²) in [5.41, 5.74) is 5.02. The maximum Gasteiger partial charge on any atom is 0.242 e. The van der Waals surface area contributed by atoms with E-state index in [1.54, 1.807) is 13.8 Å².